The minimum atomic E-state index is -1.82. The molecule has 2 aromatic rings. The topological polar surface area (TPSA) is 98.1 Å². The Morgan fingerprint density at radius 1 is 1.17 bits per heavy atom. The summed E-state index contributed by atoms with van der Waals surface area (Å²) in [5, 5.41) is 26.3. The van der Waals surface area contributed by atoms with Gasteiger partial charge >= 0.3 is 11.9 Å². The van der Waals surface area contributed by atoms with Crippen molar-refractivity contribution in [3.63, 3.8) is 0 Å². The van der Waals surface area contributed by atoms with E-state index in [2.05, 4.69) is 30.4 Å². The van der Waals surface area contributed by atoms with E-state index in [4.69, 9.17) is 19.8 Å². The Morgan fingerprint density at radius 2 is 1.83 bits per heavy atom. The van der Waals surface area contributed by atoms with Crippen LogP contribution in [0, 0.1) is 0 Å². The lowest BCUT2D eigenvalue weighted by Gasteiger charge is -2.10. The van der Waals surface area contributed by atoms with Crippen molar-refractivity contribution in [1.82, 2.24) is 4.90 Å². The maximum Gasteiger partial charge on any atom is 0.414 e. The Balaban J connectivity index is 0.000000379. The van der Waals surface area contributed by atoms with Crippen LogP contribution in [0.25, 0.3) is 0 Å². The first-order chi connectivity index (χ1) is 10.8. The predicted molar refractivity (Wildman–Crippen MR) is 89.2 cm³/mol. The van der Waals surface area contributed by atoms with E-state index >= 15 is 0 Å². The quantitative estimate of drug-likeness (QED) is 0.725. The summed E-state index contributed by atoms with van der Waals surface area (Å²) >= 11 is 3.46. The molecule has 0 atom stereocenters. The van der Waals surface area contributed by atoms with Gasteiger partial charge in [-0.3, -0.25) is 0 Å². The van der Waals surface area contributed by atoms with Crippen molar-refractivity contribution in [2.45, 2.75) is 15.6 Å². The summed E-state index contributed by atoms with van der Waals surface area (Å²) in [7, 11) is 4.14. The maximum atomic E-state index is 9.44. The number of phenols is 1. The molecule has 1 aromatic heterocycles. The number of thiophene rings is 1. The van der Waals surface area contributed by atoms with Gasteiger partial charge in [-0.2, -0.15) is 0 Å². The smallest absolute Gasteiger partial charge is 0.414 e. The van der Waals surface area contributed by atoms with Crippen molar-refractivity contribution in [3.05, 3.63) is 41.3 Å². The third kappa shape index (κ3) is 7.18. The van der Waals surface area contributed by atoms with Gasteiger partial charge in [0.2, 0.25) is 0 Å². The van der Waals surface area contributed by atoms with Gasteiger partial charge in [-0.15, -0.1) is 11.3 Å². The van der Waals surface area contributed by atoms with E-state index < -0.39 is 11.9 Å². The predicted octanol–water partition coefficient (Wildman–Crippen LogP) is 2.82. The number of hydrogen-bond donors (Lipinski definition) is 3. The molecule has 6 nitrogen and oxygen atoms in total. The van der Waals surface area contributed by atoms with Gasteiger partial charge in [0.05, 0.1) is 4.21 Å². The summed E-state index contributed by atoms with van der Waals surface area (Å²) in [6.07, 6.45) is 0. The molecule has 0 saturated carbocycles. The molecule has 0 fully saturated rings. The second kappa shape index (κ2) is 9.19. The maximum absolute atomic E-state index is 9.44. The fraction of sp³-hybridized carbons (Fsp3) is 0.200. The van der Waals surface area contributed by atoms with E-state index in [9.17, 15) is 5.11 Å². The van der Waals surface area contributed by atoms with E-state index in [-0.39, 0.29) is 0 Å². The molecule has 3 N–H and O–H groups in total. The average molecular weight is 355 g/mol. The summed E-state index contributed by atoms with van der Waals surface area (Å²) in [6, 6.07) is 9.54. The number of aromatic hydroxyl groups is 1. The number of phenolic OH excluding ortho intramolecular Hbond substituents is 1. The highest BCUT2D eigenvalue weighted by atomic mass is 32.2. The molecule has 0 radical (unpaired) electrons. The summed E-state index contributed by atoms with van der Waals surface area (Å²) in [5.41, 5.74) is 1.34. The fourth-order valence-corrected chi connectivity index (χ4v) is 3.61. The SMILES string of the molecule is CN(C)Cc1ccsc1Sc1cccc(O)c1.O=C(O)C(=O)O. The third-order valence-electron chi connectivity index (χ3n) is 2.40. The molecule has 1 heterocycles. The molecular weight excluding hydrogens is 338 g/mol. The van der Waals surface area contributed by atoms with Crippen molar-refractivity contribution in [2.75, 3.05) is 14.1 Å². The summed E-state index contributed by atoms with van der Waals surface area (Å²) in [4.78, 5) is 21.4. The molecule has 0 aliphatic rings. The lowest BCUT2D eigenvalue weighted by molar-refractivity contribution is -0.159. The Morgan fingerprint density at radius 3 is 2.35 bits per heavy atom. The Labute approximate surface area is 142 Å². The molecule has 23 heavy (non-hydrogen) atoms. The van der Waals surface area contributed by atoms with Gasteiger partial charge in [-0.25, -0.2) is 9.59 Å². The molecule has 0 bridgehead atoms. The number of rotatable bonds is 4. The van der Waals surface area contributed by atoms with E-state index in [1.807, 2.05) is 12.1 Å². The van der Waals surface area contributed by atoms with Crippen LogP contribution in [-0.2, 0) is 16.1 Å². The second-order valence-corrected chi connectivity index (χ2v) is 6.94. The molecule has 2 rings (SSSR count). The van der Waals surface area contributed by atoms with Gasteiger partial charge in [0.15, 0.2) is 0 Å². The lowest BCUT2D eigenvalue weighted by atomic mass is 10.3. The molecule has 1 aromatic carbocycles. The third-order valence-corrected chi connectivity index (χ3v) is 4.63. The summed E-state index contributed by atoms with van der Waals surface area (Å²) < 4.78 is 1.30. The van der Waals surface area contributed by atoms with Crippen LogP contribution in [0.3, 0.4) is 0 Å². The van der Waals surface area contributed by atoms with E-state index in [1.165, 1.54) is 9.77 Å². The number of aliphatic carboxylic acids is 2. The number of benzene rings is 1. The van der Waals surface area contributed by atoms with Crippen LogP contribution in [0.2, 0.25) is 0 Å². The van der Waals surface area contributed by atoms with Crippen LogP contribution in [0.1, 0.15) is 5.56 Å². The van der Waals surface area contributed by atoms with Crippen molar-refractivity contribution in [2.24, 2.45) is 0 Å². The summed E-state index contributed by atoms with van der Waals surface area (Å²) in [6.45, 7) is 0.949. The van der Waals surface area contributed by atoms with Gasteiger partial charge in [0, 0.05) is 11.4 Å². The van der Waals surface area contributed by atoms with Crippen LogP contribution in [0.15, 0.2) is 44.8 Å². The first-order valence-electron chi connectivity index (χ1n) is 6.43. The molecule has 0 amide bonds. The highest BCUT2D eigenvalue weighted by Gasteiger charge is 2.07. The molecule has 8 heteroatoms. The van der Waals surface area contributed by atoms with Crippen LogP contribution in [-0.4, -0.2) is 46.3 Å². The molecule has 0 aliphatic heterocycles. The Hall–Kier alpha value is -2.03. The van der Waals surface area contributed by atoms with Gasteiger partial charge in [-0.1, -0.05) is 17.8 Å². The second-order valence-electron chi connectivity index (χ2n) is 4.68. The molecule has 0 unspecified atom stereocenters. The minimum absolute atomic E-state index is 0.320. The lowest BCUT2D eigenvalue weighted by Crippen LogP contribution is -2.10. The zero-order chi connectivity index (χ0) is 17.4. The van der Waals surface area contributed by atoms with E-state index in [0.717, 1.165) is 11.4 Å². The fourth-order valence-electron chi connectivity index (χ4n) is 1.52. The van der Waals surface area contributed by atoms with Gasteiger partial charge in [-0.05, 0) is 49.3 Å². The van der Waals surface area contributed by atoms with E-state index in [0.29, 0.717) is 5.75 Å². The van der Waals surface area contributed by atoms with Crippen molar-refractivity contribution in [3.8, 4) is 5.75 Å². The number of nitrogens with zero attached hydrogens (tertiary/aromatic N) is 1. The molecular formula is C15H17NO5S2. The monoisotopic (exact) mass is 355 g/mol. The van der Waals surface area contributed by atoms with Crippen molar-refractivity contribution in [1.29, 1.82) is 0 Å². The Bertz CT molecular complexity index is 657. The zero-order valence-electron chi connectivity index (χ0n) is 12.6. The summed E-state index contributed by atoms with van der Waals surface area (Å²) in [5.74, 6) is -3.33. The zero-order valence-corrected chi connectivity index (χ0v) is 14.2. The number of carboxylic acids is 2. The largest absolute Gasteiger partial charge is 0.508 e. The highest BCUT2D eigenvalue weighted by molar-refractivity contribution is 8.01. The average Bonchev–Trinajstić information content (AvgIpc) is 2.85. The minimum Gasteiger partial charge on any atom is -0.508 e. The number of carboxylic acid groups (broad SMARTS) is 2. The van der Waals surface area contributed by atoms with Gasteiger partial charge < -0.3 is 20.2 Å². The van der Waals surface area contributed by atoms with Crippen molar-refractivity contribution < 1.29 is 24.9 Å². The van der Waals surface area contributed by atoms with Crippen LogP contribution < -0.4 is 0 Å². The van der Waals surface area contributed by atoms with Crippen LogP contribution >= 0.6 is 23.1 Å². The first-order valence-corrected chi connectivity index (χ1v) is 8.13. The Kier molecular flexibility index (Phi) is 7.60. The molecule has 0 saturated heterocycles. The molecule has 124 valence electrons. The molecule has 0 aliphatic carbocycles. The van der Waals surface area contributed by atoms with Gasteiger partial charge in [0.1, 0.15) is 5.75 Å². The first kappa shape index (κ1) is 19.0. The van der Waals surface area contributed by atoms with Crippen molar-refractivity contribution >= 4 is 35.0 Å². The van der Waals surface area contributed by atoms with Crippen LogP contribution in [0.4, 0.5) is 0 Å². The van der Waals surface area contributed by atoms with Gasteiger partial charge in [0.25, 0.3) is 0 Å². The van der Waals surface area contributed by atoms with E-state index in [1.54, 1.807) is 35.2 Å². The standard InChI is InChI=1S/C13H15NOS2.C2H2O4/c1-14(2)9-10-6-7-16-13(10)17-12-5-3-4-11(15)8-12;3-1(4)2(5)6/h3-8,15H,9H2,1-2H3;(H,3,4)(H,5,6). The molecule has 0 spiro atoms. The number of carbonyl (C=O) groups is 2. The number of hydrogen-bond acceptors (Lipinski definition) is 6. The van der Waals surface area contributed by atoms with Crippen LogP contribution in [0.5, 0.6) is 5.75 Å². The normalized spacial score (nSPS) is 10.0. The highest BCUT2D eigenvalue weighted by Crippen LogP contribution is 2.36.